The molecule has 26 heavy (non-hydrogen) atoms. The number of aryl methyl sites for hydroxylation is 1. The van der Waals surface area contributed by atoms with Crippen LogP contribution in [-0.4, -0.2) is 49.2 Å². The third-order valence-corrected chi connectivity index (χ3v) is 5.65. The third-order valence-electron chi connectivity index (χ3n) is 3.76. The quantitative estimate of drug-likeness (QED) is 0.490. The van der Waals surface area contributed by atoms with E-state index < -0.39 is 0 Å². The van der Waals surface area contributed by atoms with E-state index in [4.69, 9.17) is 9.97 Å². The van der Waals surface area contributed by atoms with E-state index in [1.54, 1.807) is 16.0 Å². The fourth-order valence-corrected chi connectivity index (χ4v) is 4.51. The summed E-state index contributed by atoms with van der Waals surface area (Å²) in [4.78, 5) is 12.6. The van der Waals surface area contributed by atoms with Crippen molar-refractivity contribution in [3.05, 3.63) is 41.5 Å². The Morgan fingerprint density at radius 1 is 1.15 bits per heavy atom. The van der Waals surface area contributed by atoms with Crippen molar-refractivity contribution in [1.29, 1.82) is 0 Å². The zero-order chi connectivity index (χ0) is 18.1. The van der Waals surface area contributed by atoms with Crippen LogP contribution >= 0.6 is 23.1 Å². The summed E-state index contributed by atoms with van der Waals surface area (Å²) in [5.74, 6) is 0.793. The normalized spacial score (nSPS) is 11.5. The summed E-state index contributed by atoms with van der Waals surface area (Å²) >= 11 is 3.11. The molecule has 0 aliphatic heterocycles. The first kappa shape index (κ1) is 17.1. The van der Waals surface area contributed by atoms with Gasteiger partial charge in [0.05, 0.1) is 11.9 Å². The number of nitrogens with zero attached hydrogens (tertiary/aromatic N) is 7. The lowest BCUT2D eigenvalue weighted by Gasteiger charge is -2.11. The van der Waals surface area contributed by atoms with Crippen LogP contribution in [0.5, 0.6) is 0 Å². The van der Waals surface area contributed by atoms with Gasteiger partial charge in [-0.2, -0.15) is 0 Å². The first-order chi connectivity index (χ1) is 12.6. The Hall–Kier alpha value is -2.36. The molecule has 0 saturated heterocycles. The number of hydrogen-bond acceptors (Lipinski definition) is 8. The van der Waals surface area contributed by atoms with E-state index in [9.17, 15) is 0 Å². The van der Waals surface area contributed by atoms with Gasteiger partial charge in [-0.25, -0.2) is 14.6 Å². The molecule has 0 aliphatic rings. The first-order valence-corrected chi connectivity index (χ1v) is 9.70. The number of hydrogen-bond donors (Lipinski definition) is 0. The molecule has 0 bridgehead atoms. The van der Waals surface area contributed by atoms with Gasteiger partial charge in [-0.05, 0) is 41.8 Å². The maximum atomic E-state index is 4.82. The van der Waals surface area contributed by atoms with Gasteiger partial charge < -0.3 is 4.90 Å². The van der Waals surface area contributed by atoms with E-state index in [-0.39, 0.29) is 0 Å². The zero-order valence-corrected chi connectivity index (χ0v) is 16.3. The molecule has 3 heterocycles. The summed E-state index contributed by atoms with van der Waals surface area (Å²) in [5, 5.41) is 16.5. The van der Waals surface area contributed by atoms with Crippen LogP contribution in [0.1, 0.15) is 5.82 Å². The smallest absolute Gasteiger partial charge is 0.215 e. The second kappa shape index (κ2) is 7.10. The molecule has 0 amide bonds. The minimum absolute atomic E-state index is 0.680. The molecule has 7 nitrogen and oxygen atoms in total. The van der Waals surface area contributed by atoms with Crippen LogP contribution < -0.4 is 0 Å². The number of aromatic nitrogens is 6. The Kier molecular flexibility index (Phi) is 4.66. The standard InChI is InChI=1S/C17H17N7S2/c1-23(2)9-13-18-15-14(12(10-25-15)11-7-5-4-6-8-11)16(19-13)26-17-20-21-22-24(17)3/h4-8,10H,9H2,1-3H3. The molecule has 0 spiro atoms. The molecule has 4 aromatic rings. The second-order valence-electron chi connectivity index (χ2n) is 6.07. The second-order valence-corrected chi connectivity index (χ2v) is 7.88. The highest BCUT2D eigenvalue weighted by molar-refractivity contribution is 7.99. The molecule has 0 fully saturated rings. The van der Waals surface area contributed by atoms with Crippen LogP contribution in [0.3, 0.4) is 0 Å². The van der Waals surface area contributed by atoms with Gasteiger partial charge >= 0.3 is 0 Å². The largest absolute Gasteiger partial charge is 0.302 e. The zero-order valence-electron chi connectivity index (χ0n) is 14.6. The first-order valence-electron chi connectivity index (χ1n) is 8.00. The van der Waals surface area contributed by atoms with Crippen LogP contribution in [0.25, 0.3) is 21.3 Å². The van der Waals surface area contributed by atoms with Crippen molar-refractivity contribution in [2.45, 2.75) is 16.7 Å². The van der Waals surface area contributed by atoms with Gasteiger partial charge in [-0.1, -0.05) is 30.3 Å². The highest BCUT2D eigenvalue weighted by Gasteiger charge is 2.18. The van der Waals surface area contributed by atoms with Gasteiger partial charge in [0.2, 0.25) is 5.16 Å². The minimum atomic E-state index is 0.680. The SMILES string of the molecule is CN(C)Cc1nc(Sc2nnnn2C)c2c(-c3ccccc3)csc2n1. The van der Waals surface area contributed by atoms with Crippen LogP contribution in [-0.2, 0) is 13.6 Å². The lowest BCUT2D eigenvalue weighted by molar-refractivity contribution is 0.390. The van der Waals surface area contributed by atoms with Crippen molar-refractivity contribution in [3.8, 4) is 11.1 Å². The summed E-state index contributed by atoms with van der Waals surface area (Å²) in [6.07, 6.45) is 0. The molecule has 0 unspecified atom stereocenters. The molecule has 132 valence electrons. The van der Waals surface area contributed by atoms with Crippen LogP contribution in [0, 0.1) is 0 Å². The van der Waals surface area contributed by atoms with Gasteiger partial charge in [-0.3, -0.25) is 0 Å². The molecule has 3 aromatic heterocycles. The highest BCUT2D eigenvalue weighted by atomic mass is 32.2. The summed E-state index contributed by atoms with van der Waals surface area (Å²) < 4.78 is 1.65. The molecule has 1 aromatic carbocycles. The minimum Gasteiger partial charge on any atom is -0.302 e. The van der Waals surface area contributed by atoms with Gasteiger partial charge in [-0.15, -0.1) is 16.4 Å². The van der Waals surface area contributed by atoms with Gasteiger partial charge in [0.15, 0.2) is 0 Å². The summed E-state index contributed by atoms with van der Waals surface area (Å²) in [7, 11) is 5.85. The number of thiophene rings is 1. The van der Waals surface area contributed by atoms with E-state index in [2.05, 4.69) is 37.9 Å². The lowest BCUT2D eigenvalue weighted by Crippen LogP contribution is -2.13. The van der Waals surface area contributed by atoms with E-state index in [1.165, 1.54) is 11.8 Å². The Bertz CT molecular complexity index is 1040. The lowest BCUT2D eigenvalue weighted by atomic mass is 10.1. The molecular formula is C17H17N7S2. The fraction of sp³-hybridized carbons (Fsp3) is 0.235. The molecule has 0 saturated carbocycles. The Morgan fingerprint density at radius 2 is 1.96 bits per heavy atom. The van der Waals surface area contributed by atoms with Crippen molar-refractivity contribution in [1.82, 2.24) is 35.1 Å². The molecule has 4 rings (SSSR count). The third kappa shape index (κ3) is 3.33. The van der Waals surface area contributed by atoms with Gasteiger partial charge in [0.1, 0.15) is 15.7 Å². The number of fused-ring (bicyclic) bond motifs is 1. The van der Waals surface area contributed by atoms with Crippen LogP contribution in [0.15, 0.2) is 45.9 Å². The Labute approximate surface area is 159 Å². The predicted octanol–water partition coefficient (Wildman–Crippen LogP) is 3.09. The van der Waals surface area contributed by atoms with E-state index in [1.807, 2.05) is 39.3 Å². The average Bonchev–Trinajstić information content (AvgIpc) is 3.22. The average molecular weight is 384 g/mol. The van der Waals surface area contributed by atoms with Crippen molar-refractivity contribution in [2.75, 3.05) is 14.1 Å². The van der Waals surface area contributed by atoms with Gasteiger partial charge in [0, 0.05) is 18.0 Å². The summed E-state index contributed by atoms with van der Waals surface area (Å²) in [5.41, 5.74) is 2.29. The fourth-order valence-electron chi connectivity index (χ4n) is 2.60. The van der Waals surface area contributed by atoms with Crippen LogP contribution in [0.4, 0.5) is 0 Å². The van der Waals surface area contributed by atoms with Crippen molar-refractivity contribution >= 4 is 33.3 Å². The Morgan fingerprint density at radius 3 is 2.65 bits per heavy atom. The van der Waals surface area contributed by atoms with Gasteiger partial charge in [0.25, 0.3) is 0 Å². The maximum Gasteiger partial charge on any atom is 0.215 e. The molecular weight excluding hydrogens is 366 g/mol. The molecule has 0 aliphatic carbocycles. The topological polar surface area (TPSA) is 72.6 Å². The predicted molar refractivity (Wildman–Crippen MR) is 103 cm³/mol. The molecule has 0 atom stereocenters. The number of rotatable bonds is 5. The van der Waals surface area contributed by atoms with Crippen LogP contribution in [0.2, 0.25) is 0 Å². The molecule has 0 radical (unpaired) electrons. The maximum absolute atomic E-state index is 4.82. The van der Waals surface area contributed by atoms with Crippen molar-refractivity contribution < 1.29 is 0 Å². The molecule has 0 N–H and O–H groups in total. The molecule has 9 heteroatoms. The van der Waals surface area contributed by atoms with E-state index in [0.29, 0.717) is 11.7 Å². The Balaban J connectivity index is 1.89. The monoisotopic (exact) mass is 383 g/mol. The van der Waals surface area contributed by atoms with E-state index in [0.717, 1.165) is 32.2 Å². The number of tetrazole rings is 1. The highest BCUT2D eigenvalue weighted by Crippen LogP contribution is 2.39. The van der Waals surface area contributed by atoms with Crippen molar-refractivity contribution in [3.63, 3.8) is 0 Å². The van der Waals surface area contributed by atoms with Crippen molar-refractivity contribution in [2.24, 2.45) is 7.05 Å². The summed E-state index contributed by atoms with van der Waals surface area (Å²) in [6.45, 7) is 0.680. The number of benzene rings is 1. The summed E-state index contributed by atoms with van der Waals surface area (Å²) in [6, 6.07) is 10.3. The van der Waals surface area contributed by atoms with E-state index >= 15 is 0 Å².